The third kappa shape index (κ3) is 2.34. The first-order valence-electron chi connectivity index (χ1n) is 4.48. The summed E-state index contributed by atoms with van der Waals surface area (Å²) in [5.74, 6) is 0. The number of aryl methyl sites for hydroxylation is 1. The Hall–Kier alpha value is -0.830. The normalized spacial score (nSPS) is 13.2. The van der Waals surface area contributed by atoms with Gasteiger partial charge in [-0.2, -0.15) is 5.10 Å². The third-order valence-electron chi connectivity index (χ3n) is 2.02. The quantitative estimate of drug-likeness (QED) is 0.740. The van der Waals surface area contributed by atoms with Gasteiger partial charge in [-0.15, -0.1) is 0 Å². The first-order valence-corrected chi connectivity index (χ1v) is 4.48. The summed E-state index contributed by atoms with van der Waals surface area (Å²) in [6, 6.07) is 0.165. The second-order valence-corrected chi connectivity index (χ2v) is 3.20. The molecule has 1 rings (SSSR count). The minimum atomic E-state index is 0.165. The molecule has 0 saturated heterocycles. The molecule has 2 N–H and O–H groups in total. The summed E-state index contributed by atoms with van der Waals surface area (Å²) in [4.78, 5) is 0. The van der Waals surface area contributed by atoms with Crippen molar-refractivity contribution in [2.45, 2.75) is 32.2 Å². The van der Waals surface area contributed by atoms with E-state index in [9.17, 15) is 0 Å². The van der Waals surface area contributed by atoms with Crippen LogP contribution in [0, 0.1) is 0 Å². The molecule has 1 heterocycles. The topological polar surface area (TPSA) is 43.8 Å². The Morgan fingerprint density at radius 1 is 1.67 bits per heavy atom. The van der Waals surface area contributed by atoms with Gasteiger partial charge >= 0.3 is 0 Å². The Labute approximate surface area is 73.6 Å². The highest BCUT2D eigenvalue weighted by atomic mass is 15.2. The van der Waals surface area contributed by atoms with Gasteiger partial charge in [-0.25, -0.2) is 0 Å². The number of unbranched alkanes of at least 4 members (excludes halogenated alkanes) is 1. The predicted molar refractivity (Wildman–Crippen MR) is 49.7 cm³/mol. The van der Waals surface area contributed by atoms with Crippen LogP contribution in [0.5, 0.6) is 0 Å². The lowest BCUT2D eigenvalue weighted by Gasteiger charge is -2.06. The zero-order valence-corrected chi connectivity index (χ0v) is 7.83. The van der Waals surface area contributed by atoms with Crippen LogP contribution < -0.4 is 5.73 Å². The van der Waals surface area contributed by atoms with Gasteiger partial charge < -0.3 is 5.73 Å². The Bertz CT molecular complexity index is 229. The Balaban J connectivity index is 2.47. The highest BCUT2D eigenvalue weighted by molar-refractivity contribution is 5.08. The summed E-state index contributed by atoms with van der Waals surface area (Å²) >= 11 is 0. The first kappa shape index (κ1) is 9.26. The number of hydrogen-bond acceptors (Lipinski definition) is 2. The SMILES string of the molecule is CCCCC(N)c1cnn(C)c1. The largest absolute Gasteiger partial charge is 0.324 e. The molecule has 0 aliphatic heterocycles. The molecular weight excluding hydrogens is 150 g/mol. The minimum Gasteiger partial charge on any atom is -0.324 e. The van der Waals surface area contributed by atoms with Crippen LogP contribution in [0.1, 0.15) is 37.8 Å². The van der Waals surface area contributed by atoms with Crippen LogP contribution in [0.25, 0.3) is 0 Å². The Morgan fingerprint density at radius 2 is 2.42 bits per heavy atom. The predicted octanol–water partition coefficient (Wildman–Crippen LogP) is 1.61. The summed E-state index contributed by atoms with van der Waals surface area (Å²) in [6.45, 7) is 2.18. The van der Waals surface area contributed by atoms with Gasteiger partial charge in [0.2, 0.25) is 0 Å². The van der Waals surface area contributed by atoms with Gasteiger partial charge in [-0.1, -0.05) is 19.8 Å². The molecule has 0 aliphatic rings. The Kier molecular flexibility index (Phi) is 3.29. The second-order valence-electron chi connectivity index (χ2n) is 3.20. The van der Waals surface area contributed by atoms with Crippen molar-refractivity contribution in [2.75, 3.05) is 0 Å². The molecule has 1 aromatic rings. The van der Waals surface area contributed by atoms with Crippen LogP contribution >= 0.6 is 0 Å². The van der Waals surface area contributed by atoms with E-state index in [4.69, 9.17) is 5.73 Å². The summed E-state index contributed by atoms with van der Waals surface area (Å²) in [5.41, 5.74) is 7.09. The maximum Gasteiger partial charge on any atom is 0.0537 e. The van der Waals surface area contributed by atoms with E-state index in [1.165, 1.54) is 12.8 Å². The van der Waals surface area contributed by atoms with E-state index in [-0.39, 0.29) is 6.04 Å². The van der Waals surface area contributed by atoms with Gasteiger partial charge in [0.05, 0.1) is 6.20 Å². The lowest BCUT2D eigenvalue weighted by atomic mass is 10.1. The third-order valence-corrected chi connectivity index (χ3v) is 2.02. The van der Waals surface area contributed by atoms with Gasteiger partial charge in [0, 0.05) is 24.8 Å². The minimum absolute atomic E-state index is 0.165. The van der Waals surface area contributed by atoms with Crippen molar-refractivity contribution in [2.24, 2.45) is 12.8 Å². The standard InChI is InChI=1S/C9H17N3/c1-3-4-5-9(10)8-6-11-12(2)7-8/h6-7,9H,3-5,10H2,1-2H3. The molecule has 0 aliphatic carbocycles. The fraction of sp³-hybridized carbons (Fsp3) is 0.667. The fourth-order valence-electron chi connectivity index (χ4n) is 1.22. The monoisotopic (exact) mass is 167 g/mol. The molecule has 1 atom stereocenters. The molecule has 0 bridgehead atoms. The number of hydrogen-bond donors (Lipinski definition) is 1. The van der Waals surface area contributed by atoms with E-state index in [2.05, 4.69) is 12.0 Å². The average molecular weight is 167 g/mol. The highest BCUT2D eigenvalue weighted by Crippen LogP contribution is 2.14. The molecule has 0 saturated carbocycles. The average Bonchev–Trinajstić information content (AvgIpc) is 2.47. The van der Waals surface area contributed by atoms with Gasteiger partial charge in [0.1, 0.15) is 0 Å². The van der Waals surface area contributed by atoms with Crippen molar-refractivity contribution in [1.29, 1.82) is 0 Å². The van der Waals surface area contributed by atoms with Crippen LogP contribution in [0.4, 0.5) is 0 Å². The maximum atomic E-state index is 5.94. The lowest BCUT2D eigenvalue weighted by Crippen LogP contribution is -2.08. The summed E-state index contributed by atoms with van der Waals surface area (Å²) in [7, 11) is 1.91. The molecule has 12 heavy (non-hydrogen) atoms. The van der Waals surface area contributed by atoms with Crippen LogP contribution in [-0.2, 0) is 7.05 Å². The van der Waals surface area contributed by atoms with Crippen molar-refractivity contribution >= 4 is 0 Å². The number of nitrogens with two attached hydrogens (primary N) is 1. The van der Waals surface area contributed by atoms with Gasteiger partial charge in [-0.3, -0.25) is 4.68 Å². The van der Waals surface area contributed by atoms with Crippen LogP contribution in [0.2, 0.25) is 0 Å². The van der Waals surface area contributed by atoms with Crippen molar-refractivity contribution in [3.63, 3.8) is 0 Å². The maximum absolute atomic E-state index is 5.94. The van der Waals surface area contributed by atoms with E-state index in [1.54, 1.807) is 4.68 Å². The fourth-order valence-corrected chi connectivity index (χ4v) is 1.22. The van der Waals surface area contributed by atoms with E-state index in [1.807, 2.05) is 19.4 Å². The zero-order valence-electron chi connectivity index (χ0n) is 7.83. The van der Waals surface area contributed by atoms with Crippen molar-refractivity contribution in [3.05, 3.63) is 18.0 Å². The van der Waals surface area contributed by atoms with Crippen LogP contribution in [0.3, 0.4) is 0 Å². The molecule has 0 radical (unpaired) electrons. The molecule has 3 heteroatoms. The van der Waals surface area contributed by atoms with Crippen LogP contribution in [0.15, 0.2) is 12.4 Å². The molecule has 1 unspecified atom stereocenters. The van der Waals surface area contributed by atoms with E-state index in [0.29, 0.717) is 0 Å². The van der Waals surface area contributed by atoms with Gasteiger partial charge in [-0.05, 0) is 6.42 Å². The van der Waals surface area contributed by atoms with Crippen molar-refractivity contribution in [1.82, 2.24) is 9.78 Å². The van der Waals surface area contributed by atoms with Gasteiger partial charge in [0.15, 0.2) is 0 Å². The molecule has 1 aromatic heterocycles. The number of rotatable bonds is 4. The molecule has 68 valence electrons. The molecule has 0 aromatic carbocycles. The summed E-state index contributed by atoms with van der Waals surface area (Å²) in [6.07, 6.45) is 7.28. The first-order chi connectivity index (χ1) is 5.74. The van der Waals surface area contributed by atoms with Crippen molar-refractivity contribution in [3.8, 4) is 0 Å². The van der Waals surface area contributed by atoms with Gasteiger partial charge in [0.25, 0.3) is 0 Å². The van der Waals surface area contributed by atoms with Crippen molar-refractivity contribution < 1.29 is 0 Å². The molecule has 0 amide bonds. The number of aromatic nitrogens is 2. The Morgan fingerprint density at radius 3 is 2.92 bits per heavy atom. The lowest BCUT2D eigenvalue weighted by molar-refractivity contribution is 0.603. The van der Waals surface area contributed by atoms with E-state index in [0.717, 1.165) is 12.0 Å². The second kappa shape index (κ2) is 4.26. The highest BCUT2D eigenvalue weighted by Gasteiger charge is 2.06. The molecule has 0 fully saturated rings. The smallest absolute Gasteiger partial charge is 0.0537 e. The molecular formula is C9H17N3. The van der Waals surface area contributed by atoms with Crippen LogP contribution in [-0.4, -0.2) is 9.78 Å². The summed E-state index contributed by atoms with van der Waals surface area (Å²) in [5, 5.41) is 4.08. The number of nitrogens with zero attached hydrogens (tertiary/aromatic N) is 2. The summed E-state index contributed by atoms with van der Waals surface area (Å²) < 4.78 is 1.79. The molecule has 0 spiro atoms. The molecule has 3 nitrogen and oxygen atoms in total. The van der Waals surface area contributed by atoms with E-state index < -0.39 is 0 Å². The zero-order chi connectivity index (χ0) is 8.97. The van der Waals surface area contributed by atoms with E-state index >= 15 is 0 Å².